The van der Waals surface area contributed by atoms with Gasteiger partial charge in [0, 0.05) is 6.42 Å². The van der Waals surface area contributed by atoms with Crippen LogP contribution in [0.4, 0.5) is 0 Å². The molecule has 0 saturated heterocycles. The highest BCUT2D eigenvalue weighted by atomic mass is 16.4. The van der Waals surface area contributed by atoms with Crippen LogP contribution in [0.3, 0.4) is 0 Å². The zero-order valence-corrected chi connectivity index (χ0v) is 12.3. The first-order valence-electron chi connectivity index (χ1n) is 6.87. The molecule has 0 radical (unpaired) electrons. The molecule has 20 heavy (non-hydrogen) atoms. The number of benzene rings is 1. The van der Waals surface area contributed by atoms with Gasteiger partial charge in [0.05, 0.1) is 0 Å². The van der Waals surface area contributed by atoms with E-state index in [4.69, 9.17) is 0 Å². The maximum Gasteiger partial charge on any atom is 0.330 e. The van der Waals surface area contributed by atoms with Crippen molar-refractivity contribution in [2.75, 3.05) is 0 Å². The summed E-state index contributed by atoms with van der Waals surface area (Å²) in [5.41, 5.74) is 0.774. The van der Waals surface area contributed by atoms with E-state index in [0.717, 1.165) is 12.8 Å². The number of rotatable bonds is 6. The summed E-state index contributed by atoms with van der Waals surface area (Å²) in [5.74, 6) is -1.26. The SMILES string of the molecule is CC(C)(C)CCCC(=O)N[C@@H](C(=O)O)c1ccccc1. The Hall–Kier alpha value is -1.84. The summed E-state index contributed by atoms with van der Waals surface area (Å²) in [7, 11) is 0. The molecule has 0 aliphatic heterocycles. The molecule has 0 unspecified atom stereocenters. The quantitative estimate of drug-likeness (QED) is 0.839. The third-order valence-electron chi connectivity index (χ3n) is 3.02. The van der Waals surface area contributed by atoms with Crippen molar-refractivity contribution in [2.24, 2.45) is 5.41 Å². The van der Waals surface area contributed by atoms with Gasteiger partial charge in [-0.3, -0.25) is 4.79 Å². The molecule has 0 aliphatic rings. The molecule has 1 aromatic carbocycles. The molecule has 0 bridgehead atoms. The Morgan fingerprint density at radius 2 is 1.80 bits per heavy atom. The van der Waals surface area contributed by atoms with Crippen LogP contribution in [0.5, 0.6) is 0 Å². The van der Waals surface area contributed by atoms with Crippen molar-refractivity contribution in [3.05, 3.63) is 35.9 Å². The average molecular weight is 277 g/mol. The molecule has 0 spiro atoms. The van der Waals surface area contributed by atoms with E-state index in [9.17, 15) is 14.7 Å². The minimum absolute atomic E-state index is 0.186. The fourth-order valence-electron chi connectivity index (χ4n) is 1.95. The summed E-state index contributed by atoms with van der Waals surface area (Å²) in [4.78, 5) is 23.1. The fourth-order valence-corrected chi connectivity index (χ4v) is 1.95. The van der Waals surface area contributed by atoms with Crippen LogP contribution in [0.1, 0.15) is 51.6 Å². The van der Waals surface area contributed by atoms with Gasteiger partial charge >= 0.3 is 5.97 Å². The van der Waals surface area contributed by atoms with Gasteiger partial charge in [0.1, 0.15) is 0 Å². The highest BCUT2D eigenvalue weighted by Crippen LogP contribution is 2.21. The first kappa shape index (κ1) is 16.2. The number of aliphatic carboxylic acids is 1. The largest absolute Gasteiger partial charge is 0.479 e. The second-order valence-electron chi connectivity index (χ2n) is 6.16. The van der Waals surface area contributed by atoms with Crippen molar-refractivity contribution in [3.8, 4) is 0 Å². The van der Waals surface area contributed by atoms with Gasteiger partial charge in [-0.05, 0) is 23.8 Å². The van der Waals surface area contributed by atoms with Gasteiger partial charge in [-0.15, -0.1) is 0 Å². The van der Waals surface area contributed by atoms with E-state index >= 15 is 0 Å². The molecule has 4 heteroatoms. The zero-order valence-electron chi connectivity index (χ0n) is 12.3. The summed E-state index contributed by atoms with van der Waals surface area (Å²) >= 11 is 0. The molecule has 1 aromatic rings. The van der Waals surface area contributed by atoms with E-state index in [1.807, 2.05) is 6.07 Å². The number of hydrogen-bond acceptors (Lipinski definition) is 2. The second kappa shape index (κ2) is 7.08. The van der Waals surface area contributed by atoms with Crippen LogP contribution in [-0.2, 0) is 9.59 Å². The number of amides is 1. The Balaban J connectivity index is 2.55. The Morgan fingerprint density at radius 1 is 1.20 bits per heavy atom. The second-order valence-corrected chi connectivity index (χ2v) is 6.16. The van der Waals surface area contributed by atoms with E-state index in [1.165, 1.54) is 0 Å². The van der Waals surface area contributed by atoms with Crippen molar-refractivity contribution in [1.82, 2.24) is 5.32 Å². The maximum atomic E-state index is 11.8. The number of hydrogen-bond donors (Lipinski definition) is 2. The Labute approximate surface area is 120 Å². The van der Waals surface area contributed by atoms with Gasteiger partial charge in [-0.2, -0.15) is 0 Å². The number of nitrogens with one attached hydrogen (secondary N) is 1. The molecule has 0 saturated carbocycles. The van der Waals surface area contributed by atoms with Crippen LogP contribution in [0.2, 0.25) is 0 Å². The van der Waals surface area contributed by atoms with Crippen molar-refractivity contribution in [1.29, 1.82) is 0 Å². The average Bonchev–Trinajstić information content (AvgIpc) is 2.35. The minimum atomic E-state index is -1.04. The molecular weight excluding hydrogens is 254 g/mol. The molecule has 4 nitrogen and oxygen atoms in total. The normalized spacial score (nSPS) is 12.8. The van der Waals surface area contributed by atoms with E-state index in [1.54, 1.807) is 24.3 Å². The van der Waals surface area contributed by atoms with Crippen LogP contribution in [0.15, 0.2) is 30.3 Å². The summed E-state index contributed by atoms with van der Waals surface area (Å²) in [6.07, 6.45) is 2.05. The molecule has 0 aromatic heterocycles. The highest BCUT2D eigenvalue weighted by molar-refractivity contribution is 5.84. The van der Waals surface area contributed by atoms with Gasteiger partial charge in [0.2, 0.25) is 5.91 Å². The zero-order chi connectivity index (χ0) is 15.2. The van der Waals surface area contributed by atoms with Gasteiger partial charge in [-0.25, -0.2) is 4.79 Å². The van der Waals surface area contributed by atoms with Crippen LogP contribution in [0.25, 0.3) is 0 Å². The Kier molecular flexibility index (Phi) is 5.74. The van der Waals surface area contributed by atoms with E-state index in [-0.39, 0.29) is 11.3 Å². The van der Waals surface area contributed by atoms with Gasteiger partial charge in [-0.1, -0.05) is 51.1 Å². The third kappa shape index (κ3) is 5.87. The third-order valence-corrected chi connectivity index (χ3v) is 3.02. The Bertz CT molecular complexity index is 449. The van der Waals surface area contributed by atoms with Crippen molar-refractivity contribution in [3.63, 3.8) is 0 Å². The molecule has 1 rings (SSSR count). The van der Waals surface area contributed by atoms with Gasteiger partial charge in [0.25, 0.3) is 0 Å². The minimum Gasteiger partial charge on any atom is -0.479 e. The summed E-state index contributed by atoms with van der Waals surface area (Å²) in [5, 5.41) is 11.8. The lowest BCUT2D eigenvalue weighted by atomic mass is 9.90. The first-order chi connectivity index (χ1) is 9.29. The smallest absolute Gasteiger partial charge is 0.330 e. The van der Waals surface area contributed by atoms with Gasteiger partial charge in [0.15, 0.2) is 6.04 Å². The highest BCUT2D eigenvalue weighted by Gasteiger charge is 2.21. The predicted molar refractivity (Wildman–Crippen MR) is 78.3 cm³/mol. The van der Waals surface area contributed by atoms with Crippen molar-refractivity contribution in [2.45, 2.75) is 46.1 Å². The fraction of sp³-hybridized carbons (Fsp3) is 0.500. The van der Waals surface area contributed by atoms with Crippen molar-refractivity contribution >= 4 is 11.9 Å². The van der Waals surface area contributed by atoms with E-state index < -0.39 is 12.0 Å². The standard InChI is InChI=1S/C16H23NO3/c1-16(2,3)11-7-10-13(18)17-14(15(19)20)12-8-5-4-6-9-12/h4-6,8-9,14H,7,10-11H2,1-3H3,(H,17,18)(H,19,20)/t14-/m1/s1. The van der Waals surface area contributed by atoms with Crippen molar-refractivity contribution < 1.29 is 14.7 Å². The molecule has 1 atom stereocenters. The predicted octanol–water partition coefficient (Wildman–Crippen LogP) is 3.14. The summed E-state index contributed by atoms with van der Waals surface area (Å²) in [6.45, 7) is 6.36. The first-order valence-corrected chi connectivity index (χ1v) is 6.87. The number of carboxylic acids is 1. The molecular formula is C16H23NO3. The number of carbonyl (C=O) groups excluding carboxylic acids is 1. The number of carbonyl (C=O) groups is 2. The summed E-state index contributed by atoms with van der Waals surface area (Å²) in [6, 6.07) is 7.77. The molecule has 2 N–H and O–H groups in total. The molecule has 1 amide bonds. The lowest BCUT2D eigenvalue weighted by Gasteiger charge is -2.18. The molecule has 110 valence electrons. The lowest BCUT2D eigenvalue weighted by Crippen LogP contribution is -2.33. The van der Waals surface area contributed by atoms with Crippen LogP contribution < -0.4 is 5.32 Å². The van der Waals surface area contributed by atoms with Gasteiger partial charge < -0.3 is 10.4 Å². The van der Waals surface area contributed by atoms with E-state index in [0.29, 0.717) is 12.0 Å². The van der Waals surface area contributed by atoms with E-state index in [2.05, 4.69) is 26.1 Å². The molecule has 0 aliphatic carbocycles. The molecule has 0 fully saturated rings. The van der Waals surface area contributed by atoms with Crippen LogP contribution >= 0.6 is 0 Å². The monoisotopic (exact) mass is 277 g/mol. The van der Waals surface area contributed by atoms with Crippen LogP contribution in [-0.4, -0.2) is 17.0 Å². The molecule has 0 heterocycles. The topological polar surface area (TPSA) is 66.4 Å². The maximum absolute atomic E-state index is 11.8. The lowest BCUT2D eigenvalue weighted by molar-refractivity contribution is -0.142. The number of carboxylic acid groups (broad SMARTS) is 1. The van der Waals surface area contributed by atoms with Crippen LogP contribution in [0, 0.1) is 5.41 Å². The Morgan fingerprint density at radius 3 is 2.30 bits per heavy atom. The summed E-state index contributed by atoms with van der Waals surface area (Å²) < 4.78 is 0.